The molecule has 3 N–H and O–H groups in total. The zero-order valence-electron chi connectivity index (χ0n) is 16.3. The Bertz CT molecular complexity index is 620. The fraction of sp³-hybridized carbons (Fsp3) is 0.300. The summed E-state index contributed by atoms with van der Waals surface area (Å²) in [6.45, 7) is 0. The lowest BCUT2D eigenvalue weighted by atomic mass is 10.1. The fourth-order valence-electron chi connectivity index (χ4n) is 0.641. The van der Waals surface area contributed by atoms with E-state index in [0.29, 0.717) is 0 Å². The smallest absolute Gasteiger partial charge is 0.320 e. The molecule has 0 heterocycles. The van der Waals surface area contributed by atoms with Crippen molar-refractivity contribution in [3.05, 3.63) is 29.7 Å². The fourth-order valence-corrected chi connectivity index (χ4v) is 0.641. The number of carboxylic acid groups (broad SMARTS) is 1. The van der Waals surface area contributed by atoms with E-state index in [2.05, 4.69) is 4.74 Å². The van der Waals surface area contributed by atoms with Crippen molar-refractivity contribution in [1.29, 1.82) is 0 Å². The summed E-state index contributed by atoms with van der Waals surface area (Å²) < 4.78 is 71.5. The van der Waals surface area contributed by atoms with Crippen LogP contribution in [0.2, 0.25) is 0 Å². The van der Waals surface area contributed by atoms with Gasteiger partial charge in [-0.25, -0.2) is 0 Å². The first-order chi connectivity index (χ1) is 10.2. The van der Waals surface area contributed by atoms with Crippen LogP contribution in [0.3, 0.4) is 0 Å². The lowest BCUT2D eigenvalue weighted by Crippen LogP contribution is -2.32. The van der Waals surface area contributed by atoms with Gasteiger partial charge in [-0.2, -0.15) is 0 Å². The molecule has 0 fully saturated rings. The Morgan fingerprint density at radius 1 is 1.73 bits per heavy atom. The van der Waals surface area contributed by atoms with Gasteiger partial charge in [-0.1, -0.05) is 12.1 Å². The van der Waals surface area contributed by atoms with E-state index in [-0.39, 0.29) is 12.4 Å². The molecule has 0 aliphatic heterocycles. The van der Waals surface area contributed by atoms with E-state index < -0.39 is 60.9 Å². The highest BCUT2D eigenvalue weighted by Gasteiger charge is 2.11. The monoisotopic (exact) mass is 240 g/mol. The second-order valence-corrected chi connectivity index (χ2v) is 2.27. The molecule has 0 aliphatic carbocycles. The third kappa shape index (κ3) is 4.18. The first-order valence-corrected chi connectivity index (χ1v) is 3.50. The predicted octanol–water partition coefficient (Wildman–Crippen LogP) is 1.07. The number of methoxy groups -OCH3 is 1. The van der Waals surface area contributed by atoms with Gasteiger partial charge in [0, 0.05) is 2.74 Å². The average Bonchev–Trinajstić information content (AvgIpc) is 2.39. The van der Waals surface area contributed by atoms with Gasteiger partial charge in [-0.3, -0.25) is 4.79 Å². The zero-order chi connectivity index (χ0) is 18.3. The average molecular weight is 241 g/mol. The van der Waals surface area contributed by atoms with E-state index in [0.717, 1.165) is 0 Å². The van der Waals surface area contributed by atoms with Gasteiger partial charge < -0.3 is 15.6 Å². The molecule has 0 unspecified atom stereocenters. The maximum absolute atomic E-state index is 10.9. The Hall–Kier alpha value is -1.26. The molecular formula is C10H14ClNO3. The van der Waals surface area contributed by atoms with Gasteiger partial charge >= 0.3 is 5.97 Å². The Kier molecular flexibility index (Phi) is 1.97. The van der Waals surface area contributed by atoms with Gasteiger partial charge in [-0.15, -0.1) is 12.4 Å². The van der Waals surface area contributed by atoms with Crippen LogP contribution < -0.4 is 10.5 Å². The minimum Gasteiger partial charge on any atom is -0.497 e. The van der Waals surface area contributed by atoms with E-state index in [1.165, 1.54) is 0 Å². The molecule has 0 spiro atoms. The first kappa shape index (κ1) is 4.72. The topological polar surface area (TPSA) is 72.6 Å². The molecule has 4 nitrogen and oxygen atoms in total. The van der Waals surface area contributed by atoms with Crippen molar-refractivity contribution < 1.29 is 27.0 Å². The van der Waals surface area contributed by atoms with Crippen molar-refractivity contribution in [3.8, 4) is 5.75 Å². The number of ether oxygens (including phenoxy) is 1. The Labute approximate surface area is 107 Å². The highest BCUT2D eigenvalue weighted by molar-refractivity contribution is 5.85. The van der Waals surface area contributed by atoms with E-state index >= 15 is 0 Å². The largest absolute Gasteiger partial charge is 0.497 e. The number of halogens is 1. The third-order valence-corrected chi connectivity index (χ3v) is 1.27. The highest BCUT2D eigenvalue weighted by atomic mass is 35.5. The lowest BCUT2D eigenvalue weighted by Gasteiger charge is -2.06. The summed E-state index contributed by atoms with van der Waals surface area (Å²) in [6, 6.07) is -5.97. The summed E-state index contributed by atoms with van der Waals surface area (Å²) in [5.74, 6) is -2.63. The van der Waals surface area contributed by atoms with Crippen molar-refractivity contribution in [1.82, 2.24) is 0 Å². The van der Waals surface area contributed by atoms with E-state index in [1.54, 1.807) is 0 Å². The van der Waals surface area contributed by atoms with Crippen LogP contribution >= 0.6 is 12.4 Å². The van der Waals surface area contributed by atoms with Crippen LogP contribution in [0, 0.1) is 0 Å². The van der Waals surface area contributed by atoms with E-state index in [9.17, 15) is 4.79 Å². The van der Waals surface area contributed by atoms with Crippen molar-refractivity contribution in [2.45, 2.75) is 12.4 Å². The molecule has 84 valence electrons. The standard InChI is InChI=1S/C10H13NO3.ClH/c1-14-8-4-2-7(3-5-8)6-9(11)10(12)13;/h2-5,9H,6,11H2,1H3,(H,12,13);1H/t9-;/m0./s1/i1D3,2D,3D,4D,5D,6D2;. The minimum absolute atomic E-state index is 0. The van der Waals surface area contributed by atoms with Crippen LogP contribution in [-0.4, -0.2) is 24.2 Å². The summed E-state index contributed by atoms with van der Waals surface area (Å²) in [5.41, 5.74) is 4.33. The highest BCUT2D eigenvalue weighted by Crippen LogP contribution is 2.12. The van der Waals surface area contributed by atoms with Crippen molar-refractivity contribution in [2.24, 2.45) is 5.73 Å². The van der Waals surface area contributed by atoms with Gasteiger partial charge in [-0.05, 0) is 24.0 Å². The van der Waals surface area contributed by atoms with Crippen LogP contribution in [0.25, 0.3) is 0 Å². The molecule has 1 rings (SSSR count). The lowest BCUT2D eigenvalue weighted by molar-refractivity contribution is -0.138. The summed E-state index contributed by atoms with van der Waals surface area (Å²) >= 11 is 0. The Balaban J connectivity index is 0.00000529. The number of hydrogen-bond acceptors (Lipinski definition) is 3. The number of carboxylic acids is 1. The van der Waals surface area contributed by atoms with Crippen LogP contribution in [0.15, 0.2) is 24.2 Å². The molecule has 0 saturated heterocycles. The molecule has 0 radical (unpaired) electrons. The normalized spacial score (nSPS) is 21.8. The number of rotatable bonds is 4. The Morgan fingerprint density at radius 2 is 2.33 bits per heavy atom. The molecule has 15 heavy (non-hydrogen) atoms. The second-order valence-electron chi connectivity index (χ2n) is 2.27. The van der Waals surface area contributed by atoms with Gasteiger partial charge in [0.05, 0.1) is 16.6 Å². The minimum atomic E-state index is -3.04. The summed E-state index contributed by atoms with van der Waals surface area (Å²) in [6.07, 6.45) is -2.93. The molecule has 0 aromatic heterocycles. The second kappa shape index (κ2) is 6.27. The maximum atomic E-state index is 10.9. The van der Waals surface area contributed by atoms with Gasteiger partial charge in [0.15, 0.2) is 0 Å². The molecule has 0 bridgehead atoms. The van der Waals surface area contributed by atoms with Crippen LogP contribution in [0.4, 0.5) is 0 Å². The van der Waals surface area contributed by atoms with Crippen LogP contribution in [0.1, 0.15) is 17.9 Å². The number of nitrogens with two attached hydrogens (primary N) is 1. The number of benzene rings is 1. The van der Waals surface area contributed by atoms with Gasteiger partial charge in [0.2, 0.25) is 0 Å². The SMILES string of the molecule is Cl.[2H]c1c([2H])c(C([2H])([2H])[C@H](N)C(=O)O)c([2H])c([2H])c1OC([2H])([2H])[2H]. The maximum Gasteiger partial charge on any atom is 0.320 e. The van der Waals surface area contributed by atoms with E-state index in [4.69, 9.17) is 23.2 Å². The molecule has 0 aliphatic rings. The van der Waals surface area contributed by atoms with Gasteiger partial charge in [0.25, 0.3) is 0 Å². The summed E-state index contributed by atoms with van der Waals surface area (Å²) in [5, 5.41) is 8.83. The number of aliphatic carboxylic acids is 1. The van der Waals surface area contributed by atoms with Crippen LogP contribution in [0.5, 0.6) is 5.75 Å². The van der Waals surface area contributed by atoms with Gasteiger partial charge in [0.1, 0.15) is 11.8 Å². The van der Waals surface area contributed by atoms with E-state index in [1.807, 2.05) is 0 Å². The quantitative estimate of drug-likeness (QED) is 0.826. The summed E-state index contributed by atoms with van der Waals surface area (Å²) in [4.78, 5) is 10.9. The predicted molar refractivity (Wildman–Crippen MR) is 59.6 cm³/mol. The molecule has 1 aromatic rings. The van der Waals surface area contributed by atoms with Crippen molar-refractivity contribution >= 4 is 18.4 Å². The molecule has 1 atom stereocenters. The van der Waals surface area contributed by atoms with Crippen molar-refractivity contribution in [2.75, 3.05) is 7.04 Å². The van der Waals surface area contributed by atoms with Crippen molar-refractivity contribution in [3.63, 3.8) is 0 Å². The summed E-state index contributed by atoms with van der Waals surface area (Å²) in [7, 11) is -3.04. The third-order valence-electron chi connectivity index (χ3n) is 1.27. The Morgan fingerprint density at radius 3 is 2.80 bits per heavy atom. The molecule has 5 heteroatoms. The molecule has 0 saturated carbocycles. The molecular weight excluding hydrogens is 218 g/mol. The molecule has 0 amide bonds. The number of carbonyl (C=O) groups is 1. The molecule has 1 aromatic carbocycles. The zero-order valence-corrected chi connectivity index (χ0v) is 8.14. The first-order valence-electron chi connectivity index (χ1n) is 8.00. The van der Waals surface area contributed by atoms with Crippen LogP contribution in [-0.2, 0) is 11.2 Å². The number of hydrogen-bond donors (Lipinski definition) is 2.